The number of nitrogens with one attached hydrogen (secondary N) is 1. The molecule has 1 amide bonds. The summed E-state index contributed by atoms with van der Waals surface area (Å²) >= 11 is 4.20. The Morgan fingerprint density at radius 3 is 2.15 bits per heavy atom. The molecule has 13 heavy (non-hydrogen) atoms. The second-order valence-electron chi connectivity index (χ2n) is 3.31. The van der Waals surface area contributed by atoms with Crippen molar-refractivity contribution in [2.24, 2.45) is 0 Å². The third kappa shape index (κ3) is 4.17. The van der Waals surface area contributed by atoms with E-state index in [0.717, 1.165) is 0 Å². The Morgan fingerprint density at radius 1 is 1.46 bits per heavy atom. The number of carbonyl (C=O) groups is 2. The molecule has 0 unspecified atom stereocenters. The SMILES string of the molecule is COC(=O)[C@@H](NC(C)=O)C(C)(C)S. The van der Waals surface area contributed by atoms with Crippen molar-refractivity contribution in [1.29, 1.82) is 0 Å². The summed E-state index contributed by atoms with van der Waals surface area (Å²) in [6.07, 6.45) is 0. The van der Waals surface area contributed by atoms with E-state index in [1.165, 1.54) is 14.0 Å². The van der Waals surface area contributed by atoms with Gasteiger partial charge in [0.05, 0.1) is 7.11 Å². The molecular weight excluding hydrogens is 190 g/mol. The van der Waals surface area contributed by atoms with Crippen LogP contribution in [0.1, 0.15) is 20.8 Å². The summed E-state index contributed by atoms with van der Waals surface area (Å²) in [4.78, 5) is 22.0. The maximum Gasteiger partial charge on any atom is 0.329 e. The molecule has 0 aliphatic rings. The topological polar surface area (TPSA) is 55.4 Å². The molecule has 76 valence electrons. The lowest BCUT2D eigenvalue weighted by molar-refractivity contribution is -0.145. The summed E-state index contributed by atoms with van der Waals surface area (Å²) in [7, 11) is 1.27. The summed E-state index contributed by atoms with van der Waals surface area (Å²) in [6.45, 7) is 4.80. The first-order chi connectivity index (χ1) is 5.79. The molecule has 0 saturated carbocycles. The number of hydrogen-bond acceptors (Lipinski definition) is 4. The van der Waals surface area contributed by atoms with Gasteiger partial charge in [-0.05, 0) is 13.8 Å². The van der Waals surface area contributed by atoms with Crippen LogP contribution in [-0.4, -0.2) is 29.8 Å². The van der Waals surface area contributed by atoms with E-state index in [9.17, 15) is 9.59 Å². The Bertz CT molecular complexity index is 210. The highest BCUT2D eigenvalue weighted by molar-refractivity contribution is 7.81. The van der Waals surface area contributed by atoms with Crippen molar-refractivity contribution in [3.05, 3.63) is 0 Å². The van der Waals surface area contributed by atoms with Gasteiger partial charge >= 0.3 is 5.97 Å². The molecule has 0 aromatic carbocycles. The number of rotatable bonds is 3. The number of carbonyl (C=O) groups excluding carboxylic acids is 2. The van der Waals surface area contributed by atoms with Crippen LogP contribution in [0.2, 0.25) is 0 Å². The van der Waals surface area contributed by atoms with E-state index in [4.69, 9.17) is 0 Å². The van der Waals surface area contributed by atoms with Gasteiger partial charge in [0, 0.05) is 11.7 Å². The fourth-order valence-corrected chi connectivity index (χ4v) is 1.02. The number of thiol groups is 1. The molecule has 0 aliphatic heterocycles. The number of ether oxygens (including phenoxy) is 1. The fraction of sp³-hybridized carbons (Fsp3) is 0.750. The average Bonchev–Trinajstić information content (AvgIpc) is 1.96. The smallest absolute Gasteiger partial charge is 0.329 e. The first kappa shape index (κ1) is 12.3. The van der Waals surface area contributed by atoms with Gasteiger partial charge in [-0.3, -0.25) is 4.79 Å². The molecule has 0 aliphatic carbocycles. The molecule has 4 nitrogen and oxygen atoms in total. The van der Waals surface area contributed by atoms with Gasteiger partial charge in [0.15, 0.2) is 0 Å². The van der Waals surface area contributed by atoms with Crippen molar-refractivity contribution >= 4 is 24.5 Å². The van der Waals surface area contributed by atoms with Crippen LogP contribution in [0.15, 0.2) is 0 Å². The van der Waals surface area contributed by atoms with Crippen LogP contribution in [0.3, 0.4) is 0 Å². The molecule has 0 rings (SSSR count). The minimum absolute atomic E-state index is 0.280. The van der Waals surface area contributed by atoms with Gasteiger partial charge in [-0.15, -0.1) is 0 Å². The van der Waals surface area contributed by atoms with E-state index in [-0.39, 0.29) is 5.91 Å². The van der Waals surface area contributed by atoms with E-state index in [1.807, 2.05) is 0 Å². The molecule has 0 radical (unpaired) electrons. The quantitative estimate of drug-likeness (QED) is 0.517. The summed E-state index contributed by atoms with van der Waals surface area (Å²) < 4.78 is 3.90. The second-order valence-corrected chi connectivity index (χ2v) is 4.46. The van der Waals surface area contributed by atoms with Crippen molar-refractivity contribution in [2.75, 3.05) is 7.11 Å². The van der Waals surface area contributed by atoms with Gasteiger partial charge in [0.25, 0.3) is 0 Å². The van der Waals surface area contributed by atoms with Gasteiger partial charge in [-0.25, -0.2) is 4.79 Å². The van der Waals surface area contributed by atoms with E-state index in [0.29, 0.717) is 0 Å². The molecule has 0 spiro atoms. The average molecular weight is 205 g/mol. The summed E-state index contributed by atoms with van der Waals surface area (Å²) in [5.74, 6) is -0.771. The normalized spacial score (nSPS) is 13.3. The third-order valence-corrected chi connectivity index (χ3v) is 1.75. The zero-order valence-electron chi connectivity index (χ0n) is 8.25. The molecule has 1 N–H and O–H groups in total. The minimum Gasteiger partial charge on any atom is -0.467 e. The van der Waals surface area contributed by atoms with Crippen LogP contribution in [-0.2, 0) is 14.3 Å². The summed E-state index contributed by atoms with van der Waals surface area (Å²) in [5.41, 5.74) is 0. The van der Waals surface area contributed by atoms with Crippen LogP contribution in [0.5, 0.6) is 0 Å². The van der Waals surface area contributed by atoms with Crippen molar-refractivity contribution in [3.63, 3.8) is 0 Å². The van der Waals surface area contributed by atoms with Crippen molar-refractivity contribution in [3.8, 4) is 0 Å². The van der Waals surface area contributed by atoms with Crippen molar-refractivity contribution in [2.45, 2.75) is 31.6 Å². The monoisotopic (exact) mass is 205 g/mol. The van der Waals surface area contributed by atoms with Gasteiger partial charge < -0.3 is 10.1 Å². The largest absolute Gasteiger partial charge is 0.467 e. The first-order valence-corrected chi connectivity index (χ1v) is 4.31. The highest BCUT2D eigenvalue weighted by atomic mass is 32.1. The van der Waals surface area contributed by atoms with Crippen LogP contribution in [0.25, 0.3) is 0 Å². The van der Waals surface area contributed by atoms with Crippen LogP contribution in [0.4, 0.5) is 0 Å². The maximum absolute atomic E-state index is 11.2. The lowest BCUT2D eigenvalue weighted by Gasteiger charge is -2.27. The predicted octanol–water partition coefficient (Wildman–Crippen LogP) is 0.372. The number of hydrogen-bond donors (Lipinski definition) is 2. The molecule has 0 bridgehead atoms. The number of amides is 1. The minimum atomic E-state index is -0.724. The lowest BCUT2D eigenvalue weighted by atomic mass is 10.0. The number of esters is 1. The Hall–Kier alpha value is -0.710. The summed E-state index contributed by atoms with van der Waals surface area (Å²) in [6, 6.07) is -0.724. The van der Waals surface area contributed by atoms with Crippen molar-refractivity contribution < 1.29 is 14.3 Å². The van der Waals surface area contributed by atoms with Gasteiger partial charge in [0.1, 0.15) is 6.04 Å². The summed E-state index contributed by atoms with van der Waals surface area (Å²) in [5, 5.41) is 2.48. The Balaban J connectivity index is 4.56. The molecule has 1 atom stereocenters. The standard InChI is InChI=1S/C8H15NO3S/c1-5(10)9-6(7(11)12-4)8(2,3)13/h6,13H,1-4H3,(H,9,10)/t6-/m1/s1. The Labute approximate surface area is 83.4 Å². The molecule has 5 heteroatoms. The molecular formula is C8H15NO3S. The van der Waals surface area contributed by atoms with Gasteiger partial charge in [-0.2, -0.15) is 12.6 Å². The third-order valence-electron chi connectivity index (χ3n) is 1.49. The number of methoxy groups -OCH3 is 1. The maximum atomic E-state index is 11.2. The van der Waals surface area contributed by atoms with Crippen LogP contribution < -0.4 is 5.32 Å². The van der Waals surface area contributed by atoms with Crippen LogP contribution in [0, 0.1) is 0 Å². The lowest BCUT2D eigenvalue weighted by Crippen LogP contribution is -2.51. The Kier molecular flexibility index (Phi) is 4.26. The van der Waals surface area contributed by atoms with Crippen LogP contribution >= 0.6 is 12.6 Å². The highest BCUT2D eigenvalue weighted by Crippen LogP contribution is 2.18. The zero-order valence-corrected chi connectivity index (χ0v) is 9.14. The molecule has 0 saturated heterocycles. The molecule has 0 heterocycles. The van der Waals surface area contributed by atoms with Gasteiger partial charge in [0.2, 0.25) is 5.91 Å². The van der Waals surface area contributed by atoms with Gasteiger partial charge in [-0.1, -0.05) is 0 Å². The fourth-order valence-electron chi connectivity index (χ4n) is 0.845. The molecule has 0 fully saturated rings. The van der Waals surface area contributed by atoms with E-state index in [1.54, 1.807) is 13.8 Å². The van der Waals surface area contributed by atoms with E-state index in [2.05, 4.69) is 22.7 Å². The first-order valence-electron chi connectivity index (χ1n) is 3.86. The molecule has 0 aromatic rings. The van der Waals surface area contributed by atoms with Crippen molar-refractivity contribution in [1.82, 2.24) is 5.32 Å². The Morgan fingerprint density at radius 2 is 1.92 bits per heavy atom. The zero-order chi connectivity index (χ0) is 10.6. The van der Waals surface area contributed by atoms with E-state index >= 15 is 0 Å². The second kappa shape index (κ2) is 4.50. The van der Waals surface area contributed by atoms with E-state index < -0.39 is 16.8 Å². The predicted molar refractivity (Wildman–Crippen MR) is 52.7 cm³/mol. The molecule has 0 aromatic heterocycles. The highest BCUT2D eigenvalue weighted by Gasteiger charge is 2.33.